The molecule has 0 bridgehead atoms. The van der Waals surface area contributed by atoms with Crippen LogP contribution in [0.5, 0.6) is 0 Å². The highest BCUT2D eigenvalue weighted by molar-refractivity contribution is 14.0. The van der Waals surface area contributed by atoms with Crippen molar-refractivity contribution >= 4 is 35.6 Å². The average Bonchev–Trinajstić information content (AvgIpc) is 2.98. The zero-order valence-electron chi connectivity index (χ0n) is 15.9. The van der Waals surface area contributed by atoms with E-state index in [0.29, 0.717) is 11.4 Å². The number of benzene rings is 2. The molecule has 1 heterocycles. The lowest BCUT2D eigenvalue weighted by atomic mass is 10.1. The zero-order valence-corrected chi connectivity index (χ0v) is 18.2. The monoisotopic (exact) mass is 515 g/mol. The van der Waals surface area contributed by atoms with Crippen LogP contribution in [0.2, 0.25) is 0 Å². The molecule has 0 aliphatic heterocycles. The second-order valence-corrected chi connectivity index (χ2v) is 6.37. The van der Waals surface area contributed by atoms with Gasteiger partial charge in [-0.05, 0) is 49.7 Å². The van der Waals surface area contributed by atoms with Gasteiger partial charge in [-0.2, -0.15) is 18.3 Å². The lowest BCUT2D eigenvalue weighted by Crippen LogP contribution is -2.22. The molecule has 0 radical (unpaired) electrons. The second-order valence-electron chi connectivity index (χ2n) is 6.37. The highest BCUT2D eigenvalue weighted by Gasteiger charge is 2.33. The molecule has 9 heteroatoms. The third-order valence-corrected chi connectivity index (χ3v) is 4.12. The largest absolute Gasteiger partial charge is 0.416 e. The molecule has 0 spiro atoms. The lowest BCUT2D eigenvalue weighted by Gasteiger charge is -2.14. The summed E-state index contributed by atoms with van der Waals surface area (Å²) in [5.41, 5.74) is 7.63. The molecule has 29 heavy (non-hydrogen) atoms. The van der Waals surface area contributed by atoms with Gasteiger partial charge in [0.25, 0.3) is 0 Å². The maximum absolute atomic E-state index is 13.6. The van der Waals surface area contributed by atoms with Gasteiger partial charge in [0.2, 0.25) is 0 Å². The van der Waals surface area contributed by atoms with Gasteiger partial charge in [-0.25, -0.2) is 9.67 Å². The lowest BCUT2D eigenvalue weighted by molar-refractivity contribution is -0.138. The summed E-state index contributed by atoms with van der Waals surface area (Å²) in [7, 11) is 0. The Morgan fingerprint density at radius 1 is 1.10 bits per heavy atom. The molecular formula is C20H21F3IN5. The van der Waals surface area contributed by atoms with E-state index in [9.17, 15) is 13.2 Å². The van der Waals surface area contributed by atoms with Crippen LogP contribution in [0.1, 0.15) is 22.5 Å². The van der Waals surface area contributed by atoms with Crippen LogP contribution in [0.15, 0.2) is 59.6 Å². The number of rotatable bonds is 4. The van der Waals surface area contributed by atoms with Crippen LogP contribution in [-0.4, -0.2) is 15.7 Å². The molecule has 5 nitrogen and oxygen atoms in total. The number of nitrogens with zero attached hydrogens (tertiary/aromatic N) is 3. The summed E-state index contributed by atoms with van der Waals surface area (Å²) in [5.74, 6) is 0.0435. The second kappa shape index (κ2) is 9.29. The number of nitrogens with one attached hydrogen (secondary N) is 1. The number of aromatic nitrogens is 2. The Labute approximate surface area is 183 Å². The SMILES string of the molecule is Cc1cc(C)n(-c2ccc(CN=C(N)Nc3ccccc3)c(C(F)(F)F)c2)n1.I. The maximum atomic E-state index is 13.6. The molecule has 3 rings (SSSR count). The van der Waals surface area contributed by atoms with Crippen molar-refractivity contribution in [2.24, 2.45) is 10.7 Å². The minimum Gasteiger partial charge on any atom is -0.370 e. The molecular weight excluding hydrogens is 494 g/mol. The smallest absolute Gasteiger partial charge is 0.370 e. The van der Waals surface area contributed by atoms with Crippen LogP contribution in [0, 0.1) is 13.8 Å². The number of para-hydroxylation sites is 1. The van der Waals surface area contributed by atoms with Gasteiger partial charge >= 0.3 is 6.18 Å². The molecule has 0 atom stereocenters. The quantitative estimate of drug-likeness (QED) is 0.290. The number of aliphatic imine (C=N–C) groups is 1. The fraction of sp³-hybridized carbons (Fsp3) is 0.200. The standard InChI is InChI=1S/C20H20F3N5.HI/c1-13-10-14(2)28(27-13)17-9-8-15(18(11-17)20(21,22)23)12-25-19(24)26-16-6-4-3-5-7-16;/h3-11H,12H2,1-2H3,(H3,24,25,26);1H. The molecule has 0 fully saturated rings. The predicted molar refractivity (Wildman–Crippen MR) is 119 cm³/mol. The van der Waals surface area contributed by atoms with Crippen molar-refractivity contribution < 1.29 is 13.2 Å². The van der Waals surface area contributed by atoms with E-state index < -0.39 is 11.7 Å². The van der Waals surface area contributed by atoms with E-state index in [1.54, 1.807) is 38.1 Å². The number of hydrogen-bond acceptors (Lipinski definition) is 2. The van der Waals surface area contributed by atoms with Gasteiger partial charge in [-0.3, -0.25) is 0 Å². The van der Waals surface area contributed by atoms with Crippen LogP contribution in [-0.2, 0) is 12.7 Å². The van der Waals surface area contributed by atoms with Crippen molar-refractivity contribution in [3.63, 3.8) is 0 Å². The normalized spacial score (nSPS) is 11.8. The van der Waals surface area contributed by atoms with Gasteiger partial charge < -0.3 is 11.1 Å². The first-order chi connectivity index (χ1) is 13.2. The van der Waals surface area contributed by atoms with Crippen molar-refractivity contribution in [3.05, 3.63) is 77.1 Å². The molecule has 2 aromatic carbocycles. The Balaban J connectivity index is 0.00000300. The number of alkyl halides is 3. The van der Waals surface area contributed by atoms with Crippen LogP contribution in [0.3, 0.4) is 0 Å². The average molecular weight is 515 g/mol. The topological polar surface area (TPSA) is 68.2 Å². The first-order valence-electron chi connectivity index (χ1n) is 8.60. The third-order valence-electron chi connectivity index (χ3n) is 4.12. The third kappa shape index (κ3) is 5.72. The van der Waals surface area contributed by atoms with E-state index in [4.69, 9.17) is 5.73 Å². The molecule has 0 saturated carbocycles. The number of nitrogens with two attached hydrogens (primary N) is 1. The molecule has 0 amide bonds. The van der Waals surface area contributed by atoms with Gasteiger partial charge in [0, 0.05) is 11.4 Å². The summed E-state index contributed by atoms with van der Waals surface area (Å²) in [6.07, 6.45) is -4.52. The number of guanidine groups is 1. The van der Waals surface area contributed by atoms with Crippen LogP contribution < -0.4 is 11.1 Å². The fourth-order valence-corrected chi connectivity index (χ4v) is 2.87. The van der Waals surface area contributed by atoms with Gasteiger partial charge in [0.1, 0.15) is 0 Å². The minimum atomic E-state index is -4.52. The maximum Gasteiger partial charge on any atom is 0.416 e. The van der Waals surface area contributed by atoms with Gasteiger partial charge in [0.05, 0.1) is 23.5 Å². The van der Waals surface area contributed by atoms with Gasteiger partial charge in [0.15, 0.2) is 5.96 Å². The molecule has 0 saturated heterocycles. The summed E-state index contributed by atoms with van der Waals surface area (Å²) < 4.78 is 42.3. The van der Waals surface area contributed by atoms with E-state index >= 15 is 0 Å². The Hall–Kier alpha value is -2.56. The summed E-state index contributed by atoms with van der Waals surface area (Å²) in [5, 5.41) is 7.10. The fourth-order valence-electron chi connectivity index (χ4n) is 2.87. The number of aryl methyl sites for hydroxylation is 2. The van der Waals surface area contributed by atoms with E-state index in [1.165, 1.54) is 10.7 Å². The molecule has 1 aromatic heterocycles. The molecule has 0 unspecified atom stereocenters. The van der Waals surface area contributed by atoms with E-state index in [-0.39, 0.29) is 42.0 Å². The Morgan fingerprint density at radius 3 is 2.38 bits per heavy atom. The van der Waals surface area contributed by atoms with Gasteiger partial charge in [-0.15, -0.1) is 24.0 Å². The summed E-state index contributed by atoms with van der Waals surface area (Å²) in [6.45, 7) is 3.39. The summed E-state index contributed by atoms with van der Waals surface area (Å²) in [6, 6.07) is 14.9. The van der Waals surface area contributed by atoms with Crippen LogP contribution in [0.4, 0.5) is 18.9 Å². The molecule has 0 aliphatic carbocycles. The molecule has 0 aliphatic rings. The first kappa shape index (κ1) is 22.7. The predicted octanol–water partition coefficient (Wildman–Crippen LogP) is 5.05. The summed E-state index contributed by atoms with van der Waals surface area (Å²) >= 11 is 0. The van der Waals surface area contributed by atoms with Crippen LogP contribution >= 0.6 is 24.0 Å². The number of anilines is 1. The van der Waals surface area contributed by atoms with Crippen molar-refractivity contribution in [1.82, 2.24) is 9.78 Å². The number of halogens is 4. The van der Waals surface area contributed by atoms with Gasteiger partial charge in [-0.1, -0.05) is 24.3 Å². The van der Waals surface area contributed by atoms with E-state index in [2.05, 4.69) is 15.4 Å². The molecule has 3 aromatic rings. The zero-order chi connectivity index (χ0) is 20.3. The highest BCUT2D eigenvalue weighted by atomic mass is 127. The van der Waals surface area contributed by atoms with Crippen LogP contribution in [0.25, 0.3) is 5.69 Å². The molecule has 154 valence electrons. The Kier molecular flexibility index (Phi) is 7.28. The minimum absolute atomic E-state index is 0. The summed E-state index contributed by atoms with van der Waals surface area (Å²) in [4.78, 5) is 4.05. The highest BCUT2D eigenvalue weighted by Crippen LogP contribution is 2.34. The Bertz CT molecular complexity index is 997. The Morgan fingerprint density at radius 2 is 1.79 bits per heavy atom. The van der Waals surface area contributed by atoms with Crippen molar-refractivity contribution in [1.29, 1.82) is 0 Å². The van der Waals surface area contributed by atoms with Crippen molar-refractivity contribution in [3.8, 4) is 5.69 Å². The van der Waals surface area contributed by atoms with E-state index in [1.807, 2.05) is 18.2 Å². The molecule has 3 N–H and O–H groups in total. The van der Waals surface area contributed by atoms with Crippen molar-refractivity contribution in [2.45, 2.75) is 26.6 Å². The number of hydrogen-bond donors (Lipinski definition) is 2. The van der Waals surface area contributed by atoms with E-state index in [0.717, 1.165) is 17.5 Å². The van der Waals surface area contributed by atoms with Crippen molar-refractivity contribution in [2.75, 3.05) is 5.32 Å². The first-order valence-corrected chi connectivity index (χ1v) is 8.60.